The maximum Gasteiger partial charge on any atom is 0.314 e. The molecular weight excluding hydrogens is 490 g/mol. The van der Waals surface area contributed by atoms with Crippen LogP contribution in [0.2, 0.25) is 0 Å². The summed E-state index contributed by atoms with van der Waals surface area (Å²) in [5.41, 5.74) is 11.8. The van der Waals surface area contributed by atoms with Crippen LogP contribution >= 0.6 is 0 Å². The molecule has 16 nitrogen and oxygen atoms in total. The van der Waals surface area contributed by atoms with Crippen molar-refractivity contribution in [3.63, 3.8) is 0 Å². The van der Waals surface area contributed by atoms with E-state index in [1.54, 1.807) is 7.05 Å². The highest BCUT2D eigenvalue weighted by molar-refractivity contribution is 5.05. The summed E-state index contributed by atoms with van der Waals surface area (Å²) >= 11 is 0. The predicted molar refractivity (Wildman–Crippen MR) is 115 cm³/mol. The highest BCUT2D eigenvalue weighted by atomic mass is 16.9. The van der Waals surface area contributed by atoms with E-state index in [0.717, 1.165) is 0 Å². The molecule has 4 aliphatic rings. The molecule has 210 valence electrons. The SMILES string of the molecule is CN[C@H]1C[C@@H](N)[C@H](O)[C@@H](O[C@@H]2O[C@H](CO)[C@H](O)[C@@H]3O[C@]4(O[C@H]23)O[C@@H]([C@H](N)CO)[C@H](O)[C@H](O)[C@H]4O)[C@@H]1O. The van der Waals surface area contributed by atoms with Crippen molar-refractivity contribution in [3.8, 4) is 0 Å². The molecule has 13 N–H and O–H groups in total. The average molecular weight is 528 g/mol. The molecule has 1 spiro atoms. The third-order valence-corrected chi connectivity index (χ3v) is 7.42. The molecule has 1 saturated carbocycles. The summed E-state index contributed by atoms with van der Waals surface area (Å²) in [6.07, 6.45) is -17.7. The Bertz CT molecular complexity index is 756. The van der Waals surface area contributed by atoms with Crippen molar-refractivity contribution in [2.24, 2.45) is 11.5 Å². The Morgan fingerprint density at radius 1 is 0.944 bits per heavy atom. The van der Waals surface area contributed by atoms with Gasteiger partial charge >= 0.3 is 5.97 Å². The van der Waals surface area contributed by atoms with E-state index in [1.165, 1.54) is 0 Å². The van der Waals surface area contributed by atoms with Gasteiger partial charge in [-0.25, -0.2) is 0 Å². The van der Waals surface area contributed by atoms with E-state index in [4.69, 9.17) is 35.2 Å². The summed E-state index contributed by atoms with van der Waals surface area (Å²) in [5.74, 6) is -2.48. The van der Waals surface area contributed by atoms with Crippen LogP contribution in [0.5, 0.6) is 0 Å². The van der Waals surface area contributed by atoms with Gasteiger partial charge in [-0.05, 0) is 13.5 Å². The molecule has 36 heavy (non-hydrogen) atoms. The van der Waals surface area contributed by atoms with Gasteiger partial charge in [0.25, 0.3) is 0 Å². The normalized spacial score (nSPS) is 54.4. The summed E-state index contributed by atoms with van der Waals surface area (Å²) in [5, 5.41) is 85.6. The number of aliphatic hydroxyl groups is 8. The lowest BCUT2D eigenvalue weighted by atomic mass is 9.84. The predicted octanol–water partition coefficient (Wildman–Crippen LogP) is -7.27. The fraction of sp³-hybridized carbons (Fsp3) is 1.00. The molecule has 16 heteroatoms. The van der Waals surface area contributed by atoms with Crippen LogP contribution in [0, 0.1) is 0 Å². The second kappa shape index (κ2) is 10.9. The number of ether oxygens (including phenoxy) is 5. The van der Waals surface area contributed by atoms with E-state index in [1.807, 2.05) is 0 Å². The molecule has 4 rings (SSSR count). The van der Waals surface area contributed by atoms with Gasteiger partial charge in [0.1, 0.15) is 48.8 Å². The van der Waals surface area contributed by atoms with Crippen molar-refractivity contribution >= 4 is 0 Å². The topological polar surface area (TPSA) is 272 Å². The van der Waals surface area contributed by atoms with E-state index in [-0.39, 0.29) is 6.42 Å². The fourth-order valence-corrected chi connectivity index (χ4v) is 5.23. The monoisotopic (exact) mass is 527 g/mol. The Balaban J connectivity index is 1.62. The van der Waals surface area contributed by atoms with Gasteiger partial charge in [0.05, 0.1) is 31.5 Å². The molecule has 16 atom stereocenters. The maximum absolute atomic E-state index is 10.7. The van der Waals surface area contributed by atoms with Gasteiger partial charge in [0.15, 0.2) is 12.4 Å². The van der Waals surface area contributed by atoms with Gasteiger partial charge in [0.2, 0.25) is 0 Å². The molecule has 0 aromatic rings. The van der Waals surface area contributed by atoms with Gasteiger partial charge in [-0.3, -0.25) is 0 Å². The first-order chi connectivity index (χ1) is 17.0. The second-order valence-corrected chi connectivity index (χ2v) is 9.72. The summed E-state index contributed by atoms with van der Waals surface area (Å²) in [6.45, 7) is -1.33. The smallest absolute Gasteiger partial charge is 0.314 e. The van der Waals surface area contributed by atoms with Gasteiger partial charge in [0, 0.05) is 12.1 Å². The number of hydrogen-bond donors (Lipinski definition) is 11. The largest absolute Gasteiger partial charge is 0.395 e. The van der Waals surface area contributed by atoms with Crippen molar-refractivity contribution in [2.75, 3.05) is 20.3 Å². The van der Waals surface area contributed by atoms with Crippen LogP contribution in [-0.2, 0) is 23.7 Å². The molecule has 3 aliphatic heterocycles. The Morgan fingerprint density at radius 2 is 1.61 bits per heavy atom. The van der Waals surface area contributed by atoms with E-state index in [2.05, 4.69) is 5.32 Å². The standard InChI is InChI=1S/C20H37N3O13/c1-23-7-2-5(21)9(26)15(10(7)27)33-19-17-16(11(28)8(4-25)32-19)35-20(36-17)18(31)13(30)12(29)14(34-20)6(22)3-24/h5-19,23-31H,2-4,21-22H2,1H3/t5-,6-,7+,8-,9+,10-,11+,12-,13+,14+,15-,16+,17+,18-,19+,20-/m1/s1. The first-order valence-corrected chi connectivity index (χ1v) is 11.8. The molecule has 0 bridgehead atoms. The van der Waals surface area contributed by atoms with Crippen LogP contribution in [0.3, 0.4) is 0 Å². The minimum Gasteiger partial charge on any atom is -0.395 e. The quantitative estimate of drug-likeness (QED) is 0.153. The third-order valence-electron chi connectivity index (χ3n) is 7.42. The molecule has 1 aliphatic carbocycles. The first kappa shape index (κ1) is 28.4. The molecule has 3 saturated heterocycles. The van der Waals surface area contributed by atoms with Crippen molar-refractivity contribution in [1.82, 2.24) is 5.32 Å². The number of nitrogens with two attached hydrogens (primary N) is 2. The van der Waals surface area contributed by atoms with Crippen LogP contribution in [0.15, 0.2) is 0 Å². The van der Waals surface area contributed by atoms with Crippen molar-refractivity contribution < 1.29 is 64.5 Å². The Kier molecular flexibility index (Phi) is 8.55. The second-order valence-electron chi connectivity index (χ2n) is 9.72. The third kappa shape index (κ3) is 4.68. The molecule has 0 amide bonds. The number of nitrogens with one attached hydrogen (secondary N) is 1. The Labute approximate surface area is 206 Å². The molecule has 0 radical (unpaired) electrons. The van der Waals surface area contributed by atoms with Gasteiger partial charge in [-0.1, -0.05) is 0 Å². The minimum atomic E-state index is -2.48. The zero-order valence-electron chi connectivity index (χ0n) is 19.6. The Morgan fingerprint density at radius 3 is 2.22 bits per heavy atom. The molecular formula is C20H37N3O13. The van der Waals surface area contributed by atoms with Crippen LogP contribution in [0.1, 0.15) is 6.42 Å². The van der Waals surface area contributed by atoms with Crippen molar-refractivity contribution in [3.05, 3.63) is 0 Å². The number of rotatable bonds is 6. The Hall–Kier alpha value is -0.640. The lowest BCUT2D eigenvalue weighted by molar-refractivity contribution is -0.439. The summed E-state index contributed by atoms with van der Waals surface area (Å²) in [4.78, 5) is 0. The highest BCUT2D eigenvalue weighted by Gasteiger charge is 2.67. The molecule has 0 aromatic carbocycles. The molecule has 0 unspecified atom stereocenters. The van der Waals surface area contributed by atoms with Crippen molar-refractivity contribution in [1.29, 1.82) is 0 Å². The molecule has 4 fully saturated rings. The first-order valence-electron chi connectivity index (χ1n) is 11.8. The van der Waals surface area contributed by atoms with Crippen LogP contribution in [-0.4, -0.2) is 159 Å². The van der Waals surface area contributed by atoms with Gasteiger partial charge in [-0.2, -0.15) is 0 Å². The lowest BCUT2D eigenvalue weighted by Crippen LogP contribution is -2.69. The maximum atomic E-state index is 10.7. The lowest BCUT2D eigenvalue weighted by Gasteiger charge is -2.46. The van der Waals surface area contributed by atoms with Crippen LogP contribution < -0.4 is 16.8 Å². The van der Waals surface area contributed by atoms with Crippen LogP contribution in [0.4, 0.5) is 0 Å². The minimum absolute atomic E-state index is 0.254. The summed E-state index contributed by atoms with van der Waals surface area (Å²) in [7, 11) is 1.60. The number of hydrogen-bond acceptors (Lipinski definition) is 16. The zero-order valence-corrected chi connectivity index (χ0v) is 19.6. The van der Waals surface area contributed by atoms with E-state index < -0.39 is 111 Å². The molecule has 3 heterocycles. The fourth-order valence-electron chi connectivity index (χ4n) is 5.23. The molecule has 0 aromatic heterocycles. The van der Waals surface area contributed by atoms with Crippen molar-refractivity contribution in [2.45, 2.75) is 104 Å². The van der Waals surface area contributed by atoms with E-state index in [0.29, 0.717) is 0 Å². The van der Waals surface area contributed by atoms with Gasteiger partial charge < -0.3 is 81.3 Å². The summed E-state index contributed by atoms with van der Waals surface area (Å²) in [6, 6.07) is -2.50. The van der Waals surface area contributed by atoms with E-state index in [9.17, 15) is 40.9 Å². The highest BCUT2D eigenvalue weighted by Crippen LogP contribution is 2.45. The van der Waals surface area contributed by atoms with E-state index >= 15 is 0 Å². The summed E-state index contributed by atoms with van der Waals surface area (Å²) < 4.78 is 28.7. The zero-order chi connectivity index (χ0) is 26.5. The average Bonchev–Trinajstić information content (AvgIpc) is 3.27. The van der Waals surface area contributed by atoms with Crippen LogP contribution in [0.25, 0.3) is 0 Å². The van der Waals surface area contributed by atoms with Gasteiger partial charge in [-0.15, -0.1) is 0 Å². The number of aliphatic hydroxyl groups excluding tert-OH is 8. The number of fused-ring (bicyclic) bond motifs is 1. The number of likely N-dealkylation sites (N-methyl/N-ethyl adjacent to an activating group) is 1.